The van der Waals surface area contributed by atoms with Gasteiger partial charge in [0.2, 0.25) is 0 Å². The zero-order valence-electron chi connectivity index (χ0n) is 9.55. The second-order valence-electron chi connectivity index (χ2n) is 3.84. The summed E-state index contributed by atoms with van der Waals surface area (Å²) in [7, 11) is 5.51. The maximum absolute atomic E-state index is 9.97. The maximum Gasteiger partial charge on any atom is 0.0969 e. The molecule has 1 rings (SSSR count). The molecule has 3 heteroatoms. The van der Waals surface area contributed by atoms with Crippen molar-refractivity contribution in [2.45, 2.75) is 12.1 Å². The van der Waals surface area contributed by atoms with E-state index in [1.807, 2.05) is 49.3 Å². The van der Waals surface area contributed by atoms with Gasteiger partial charge in [0.1, 0.15) is 0 Å². The van der Waals surface area contributed by atoms with Crippen LogP contribution in [0.1, 0.15) is 11.6 Å². The molecule has 0 fully saturated rings. The number of methoxy groups -OCH3 is 1. The van der Waals surface area contributed by atoms with Crippen molar-refractivity contribution in [3.63, 3.8) is 0 Å². The normalized spacial score (nSPS) is 15.3. The molecule has 15 heavy (non-hydrogen) atoms. The van der Waals surface area contributed by atoms with Gasteiger partial charge in [-0.3, -0.25) is 4.90 Å². The molecule has 0 amide bonds. The number of aliphatic hydroxyl groups excluding tert-OH is 1. The molecule has 0 heterocycles. The Bertz CT molecular complexity index is 274. The molecule has 1 aromatic rings. The monoisotopic (exact) mass is 209 g/mol. The number of nitrogens with zero attached hydrogens (tertiary/aromatic N) is 1. The van der Waals surface area contributed by atoms with Crippen LogP contribution in [0.25, 0.3) is 0 Å². The van der Waals surface area contributed by atoms with E-state index in [0.717, 1.165) is 5.56 Å². The Morgan fingerprint density at radius 3 is 2.33 bits per heavy atom. The standard InChI is InChI=1S/C12H19NO2/c1-13(2)12(11(14)9-15-3)10-7-5-4-6-8-10/h4-8,11-12,14H,9H2,1-3H3. The number of likely N-dealkylation sites (N-methyl/N-ethyl adjacent to an activating group) is 1. The van der Waals surface area contributed by atoms with Crippen molar-refractivity contribution >= 4 is 0 Å². The van der Waals surface area contributed by atoms with Crippen molar-refractivity contribution in [1.29, 1.82) is 0 Å². The van der Waals surface area contributed by atoms with E-state index >= 15 is 0 Å². The van der Waals surface area contributed by atoms with Gasteiger partial charge >= 0.3 is 0 Å². The highest BCUT2D eigenvalue weighted by molar-refractivity contribution is 5.20. The summed E-state index contributed by atoms with van der Waals surface area (Å²) < 4.78 is 4.98. The molecule has 0 aromatic heterocycles. The third kappa shape index (κ3) is 3.30. The van der Waals surface area contributed by atoms with Crippen LogP contribution in [0, 0.1) is 0 Å². The summed E-state index contributed by atoms with van der Waals surface area (Å²) in [6.45, 7) is 0.345. The van der Waals surface area contributed by atoms with Crippen molar-refractivity contribution < 1.29 is 9.84 Å². The smallest absolute Gasteiger partial charge is 0.0969 e. The number of ether oxygens (including phenoxy) is 1. The SMILES string of the molecule is COCC(O)C(c1ccccc1)N(C)C. The largest absolute Gasteiger partial charge is 0.389 e. The van der Waals surface area contributed by atoms with Gasteiger partial charge in [0.25, 0.3) is 0 Å². The Balaban J connectivity index is 2.83. The minimum Gasteiger partial charge on any atom is -0.389 e. The zero-order valence-corrected chi connectivity index (χ0v) is 9.55. The average Bonchev–Trinajstić information content (AvgIpc) is 2.19. The highest BCUT2D eigenvalue weighted by atomic mass is 16.5. The lowest BCUT2D eigenvalue weighted by molar-refractivity contribution is 0.0101. The summed E-state index contributed by atoms with van der Waals surface area (Å²) >= 11 is 0. The molecule has 0 aliphatic heterocycles. The number of aliphatic hydroxyl groups is 1. The average molecular weight is 209 g/mol. The van der Waals surface area contributed by atoms with E-state index in [1.54, 1.807) is 7.11 Å². The molecule has 2 unspecified atom stereocenters. The molecule has 0 aliphatic carbocycles. The van der Waals surface area contributed by atoms with Crippen molar-refractivity contribution in [2.24, 2.45) is 0 Å². The second kappa shape index (κ2) is 5.85. The lowest BCUT2D eigenvalue weighted by atomic mass is 10.0. The topological polar surface area (TPSA) is 32.7 Å². The van der Waals surface area contributed by atoms with E-state index in [2.05, 4.69) is 0 Å². The van der Waals surface area contributed by atoms with Gasteiger partial charge in [-0.15, -0.1) is 0 Å². The highest BCUT2D eigenvalue weighted by Crippen LogP contribution is 2.21. The molecule has 3 nitrogen and oxygen atoms in total. The van der Waals surface area contributed by atoms with Crippen LogP contribution in [-0.4, -0.2) is 43.9 Å². The van der Waals surface area contributed by atoms with Crippen LogP contribution in [0.15, 0.2) is 30.3 Å². The molecule has 2 atom stereocenters. The molecule has 1 N–H and O–H groups in total. The third-order valence-corrected chi connectivity index (χ3v) is 2.40. The van der Waals surface area contributed by atoms with Crippen LogP contribution in [0.3, 0.4) is 0 Å². The van der Waals surface area contributed by atoms with Gasteiger partial charge in [-0.05, 0) is 19.7 Å². The number of benzene rings is 1. The molecule has 0 spiro atoms. The first-order valence-corrected chi connectivity index (χ1v) is 5.05. The van der Waals surface area contributed by atoms with Gasteiger partial charge < -0.3 is 9.84 Å². The van der Waals surface area contributed by atoms with Crippen LogP contribution in [0.5, 0.6) is 0 Å². The molecule has 0 radical (unpaired) electrons. The van der Waals surface area contributed by atoms with E-state index < -0.39 is 6.10 Å². The highest BCUT2D eigenvalue weighted by Gasteiger charge is 2.22. The van der Waals surface area contributed by atoms with Crippen LogP contribution in [0.4, 0.5) is 0 Å². The number of rotatable bonds is 5. The summed E-state index contributed by atoms with van der Waals surface area (Å²) in [5, 5.41) is 9.97. The fourth-order valence-electron chi connectivity index (χ4n) is 1.78. The summed E-state index contributed by atoms with van der Waals surface area (Å²) in [6.07, 6.45) is -0.507. The van der Waals surface area contributed by atoms with Crippen molar-refractivity contribution in [3.05, 3.63) is 35.9 Å². The van der Waals surface area contributed by atoms with Crippen LogP contribution in [0.2, 0.25) is 0 Å². The Hall–Kier alpha value is -0.900. The van der Waals surface area contributed by atoms with Gasteiger partial charge in [-0.1, -0.05) is 30.3 Å². The van der Waals surface area contributed by atoms with E-state index in [1.165, 1.54) is 0 Å². The Labute approximate surface area is 91.3 Å². The second-order valence-corrected chi connectivity index (χ2v) is 3.84. The fraction of sp³-hybridized carbons (Fsp3) is 0.500. The van der Waals surface area contributed by atoms with Crippen molar-refractivity contribution in [1.82, 2.24) is 4.90 Å². The lowest BCUT2D eigenvalue weighted by Crippen LogP contribution is -2.34. The van der Waals surface area contributed by atoms with Crippen molar-refractivity contribution in [2.75, 3.05) is 27.8 Å². The zero-order chi connectivity index (χ0) is 11.3. The maximum atomic E-state index is 9.97. The van der Waals surface area contributed by atoms with Crippen LogP contribution >= 0.6 is 0 Å². The third-order valence-electron chi connectivity index (χ3n) is 2.40. The molecular weight excluding hydrogens is 190 g/mol. The summed E-state index contributed by atoms with van der Waals surface area (Å²) in [5.74, 6) is 0. The van der Waals surface area contributed by atoms with E-state index in [4.69, 9.17) is 4.74 Å². The summed E-state index contributed by atoms with van der Waals surface area (Å²) in [5.41, 5.74) is 1.10. The molecule has 0 saturated heterocycles. The minimum atomic E-state index is -0.507. The van der Waals surface area contributed by atoms with E-state index in [9.17, 15) is 5.11 Å². The predicted octanol–water partition coefficient (Wildman–Crippen LogP) is 1.30. The van der Waals surface area contributed by atoms with Gasteiger partial charge in [0, 0.05) is 7.11 Å². The first-order chi connectivity index (χ1) is 7.16. The molecule has 0 saturated carbocycles. The first kappa shape index (κ1) is 12.2. The Morgan fingerprint density at radius 1 is 1.27 bits per heavy atom. The quantitative estimate of drug-likeness (QED) is 0.793. The predicted molar refractivity (Wildman–Crippen MR) is 60.8 cm³/mol. The number of hydrogen-bond acceptors (Lipinski definition) is 3. The van der Waals surface area contributed by atoms with Crippen molar-refractivity contribution in [3.8, 4) is 0 Å². The summed E-state index contributed by atoms with van der Waals surface area (Å²) in [6, 6.07) is 9.94. The fourth-order valence-corrected chi connectivity index (χ4v) is 1.78. The van der Waals surface area contributed by atoms with Crippen LogP contribution < -0.4 is 0 Å². The van der Waals surface area contributed by atoms with Crippen LogP contribution in [-0.2, 0) is 4.74 Å². The summed E-state index contributed by atoms with van der Waals surface area (Å²) in [4.78, 5) is 2.00. The molecule has 84 valence electrons. The molecule has 0 bridgehead atoms. The minimum absolute atomic E-state index is 0.0221. The van der Waals surface area contributed by atoms with Gasteiger partial charge in [0.15, 0.2) is 0 Å². The van der Waals surface area contributed by atoms with Gasteiger partial charge in [-0.25, -0.2) is 0 Å². The van der Waals surface area contributed by atoms with Gasteiger partial charge in [0.05, 0.1) is 18.8 Å². The van der Waals surface area contributed by atoms with Gasteiger partial charge in [-0.2, -0.15) is 0 Å². The first-order valence-electron chi connectivity index (χ1n) is 5.05. The Morgan fingerprint density at radius 2 is 1.87 bits per heavy atom. The van der Waals surface area contributed by atoms with E-state index in [0.29, 0.717) is 6.61 Å². The molecule has 0 aliphatic rings. The van der Waals surface area contributed by atoms with E-state index in [-0.39, 0.29) is 6.04 Å². The number of hydrogen-bond donors (Lipinski definition) is 1. The Kier molecular flexibility index (Phi) is 4.75. The molecule has 1 aromatic carbocycles. The lowest BCUT2D eigenvalue weighted by Gasteiger charge is -2.29. The molecular formula is C12H19NO2.